The molecule has 0 atom stereocenters. The Labute approximate surface area is 372 Å². The summed E-state index contributed by atoms with van der Waals surface area (Å²) >= 11 is 0.359. The van der Waals surface area contributed by atoms with Crippen LogP contribution in [0.25, 0.3) is 0 Å². The van der Waals surface area contributed by atoms with Crippen LogP contribution in [0, 0.1) is 0 Å². The van der Waals surface area contributed by atoms with Gasteiger partial charge in [0.15, 0.2) is 0 Å². The molecule has 0 spiro atoms. The molecule has 0 aliphatic heterocycles. The van der Waals surface area contributed by atoms with Crippen LogP contribution in [0.4, 0.5) is 114 Å². The van der Waals surface area contributed by atoms with Gasteiger partial charge in [0.25, 0.3) is 0 Å². The first kappa shape index (κ1) is 60.4. The van der Waals surface area contributed by atoms with Gasteiger partial charge in [0.05, 0.1) is 24.3 Å². The number of ether oxygens (including phenoxy) is 2. The van der Waals surface area contributed by atoms with E-state index in [1.165, 1.54) is 0 Å². The molecule has 2 rings (SSSR count). The number of halogens is 26. The highest BCUT2D eigenvalue weighted by molar-refractivity contribution is 7.99. The van der Waals surface area contributed by atoms with Crippen LogP contribution in [0.1, 0.15) is 59.2 Å². The third kappa shape index (κ3) is 12.0. The van der Waals surface area contributed by atoms with E-state index in [-0.39, 0.29) is 70.5 Å². The number of unbranched alkanes of at least 4 members (excludes halogenated alkanes) is 3. The fourth-order valence-electron chi connectivity index (χ4n) is 4.94. The minimum Gasteiger partial charge on any atom is -0.462 e. The second kappa shape index (κ2) is 20.9. The lowest BCUT2D eigenvalue weighted by atomic mass is 9.93. The number of hydrogen-bond acceptors (Lipinski definition) is 6. The van der Waals surface area contributed by atoms with E-state index >= 15 is 0 Å². The van der Waals surface area contributed by atoms with E-state index in [2.05, 4.69) is 0 Å². The van der Waals surface area contributed by atoms with Gasteiger partial charge in [-0.15, -0.1) is 23.5 Å². The minimum absolute atomic E-state index is 0.131. The molecule has 0 aliphatic rings. The van der Waals surface area contributed by atoms with Gasteiger partial charge in [-0.3, -0.25) is 0 Å². The summed E-state index contributed by atoms with van der Waals surface area (Å²) in [6.45, 7) is -0.407. The highest BCUT2D eigenvalue weighted by Gasteiger charge is 2.92. The maximum Gasteiger partial charge on any atom is 0.460 e. The molecule has 0 aliphatic carbocycles. The van der Waals surface area contributed by atoms with Gasteiger partial charge in [0.1, 0.15) is 0 Å². The molecule has 0 aromatic heterocycles. The SMILES string of the molecule is O=C(OCCCCCCOC(=O)c1ccc(SCCC(F)(F)C(F)(F)C(F)(F)C(F)(F)C(F)(F)C(F)(F)F)cc1)c1ccc(SCCC(F)(F)C(F)(F)C(F)(F)C(F)(F)C(F)(F)C(F)(F)F)cc1. The van der Waals surface area contributed by atoms with Crippen LogP contribution in [0.2, 0.25) is 0 Å². The average Bonchev–Trinajstić information content (AvgIpc) is 3.20. The second-order valence-electron chi connectivity index (χ2n) is 13.9. The Morgan fingerprint density at radius 1 is 0.353 bits per heavy atom. The van der Waals surface area contributed by atoms with Gasteiger partial charge in [-0.2, -0.15) is 114 Å². The minimum atomic E-state index is -8.01. The lowest BCUT2D eigenvalue weighted by molar-refractivity contribution is -0.439. The molecule has 0 amide bonds. The van der Waals surface area contributed by atoms with E-state index in [1.807, 2.05) is 0 Å². The monoisotopic (exact) mass is 1080 g/mol. The molecule has 0 heterocycles. The lowest BCUT2D eigenvalue weighted by Crippen LogP contribution is -2.70. The van der Waals surface area contributed by atoms with Gasteiger partial charge in [0, 0.05) is 34.1 Å². The van der Waals surface area contributed by atoms with Crippen molar-refractivity contribution in [3.8, 4) is 0 Å². The maximum absolute atomic E-state index is 14.0. The van der Waals surface area contributed by atoms with Crippen molar-refractivity contribution < 1.29 is 133 Å². The molecule has 390 valence electrons. The molecule has 32 heteroatoms. The summed E-state index contributed by atoms with van der Waals surface area (Å²) < 4.78 is 355. The Balaban J connectivity index is 1.76. The van der Waals surface area contributed by atoms with Crippen LogP contribution in [0.3, 0.4) is 0 Å². The maximum atomic E-state index is 14.0. The largest absolute Gasteiger partial charge is 0.462 e. The molecule has 4 nitrogen and oxygen atoms in total. The van der Waals surface area contributed by atoms with E-state index in [9.17, 15) is 124 Å². The van der Waals surface area contributed by atoms with E-state index in [0.29, 0.717) is 12.8 Å². The number of alkyl halides is 26. The molecule has 0 saturated carbocycles. The smallest absolute Gasteiger partial charge is 0.460 e. The summed E-state index contributed by atoms with van der Waals surface area (Å²) in [6, 6.07) is 7.99. The summed E-state index contributed by atoms with van der Waals surface area (Å²) in [7, 11) is 0. The summed E-state index contributed by atoms with van der Waals surface area (Å²) in [4.78, 5) is 24.2. The van der Waals surface area contributed by atoms with Crippen molar-refractivity contribution in [2.45, 2.75) is 120 Å². The van der Waals surface area contributed by atoms with Crippen molar-refractivity contribution in [1.29, 1.82) is 0 Å². The summed E-state index contributed by atoms with van der Waals surface area (Å²) in [6.07, 6.45) is -18.8. The Hall–Kier alpha value is -3.74. The van der Waals surface area contributed by atoms with Crippen LogP contribution in [0.5, 0.6) is 0 Å². The third-order valence-electron chi connectivity index (χ3n) is 9.05. The number of benzene rings is 2. The number of hydrogen-bond donors (Lipinski definition) is 0. The van der Waals surface area contributed by atoms with Crippen molar-refractivity contribution in [2.75, 3.05) is 24.7 Å². The van der Waals surface area contributed by atoms with Crippen LogP contribution < -0.4 is 0 Å². The Kier molecular flexibility index (Phi) is 18.6. The Bertz CT molecular complexity index is 1840. The molecule has 0 bridgehead atoms. The van der Waals surface area contributed by atoms with E-state index < -0.39 is 108 Å². The molecule has 2 aromatic rings. The topological polar surface area (TPSA) is 52.6 Å². The van der Waals surface area contributed by atoms with E-state index in [4.69, 9.17) is 9.47 Å². The van der Waals surface area contributed by atoms with Crippen LogP contribution in [0.15, 0.2) is 58.3 Å². The summed E-state index contributed by atoms with van der Waals surface area (Å²) in [5, 5.41) is 0. The zero-order valence-electron chi connectivity index (χ0n) is 33.0. The molecular formula is C36H28F26O4S2. The number of carbonyl (C=O) groups is 2. The molecule has 68 heavy (non-hydrogen) atoms. The highest BCUT2D eigenvalue weighted by Crippen LogP contribution is 2.62. The van der Waals surface area contributed by atoms with E-state index in [1.54, 1.807) is 0 Å². The third-order valence-corrected chi connectivity index (χ3v) is 11.1. The normalized spacial score (nSPS) is 14.6. The van der Waals surface area contributed by atoms with E-state index in [0.717, 1.165) is 48.5 Å². The van der Waals surface area contributed by atoms with Gasteiger partial charge in [-0.25, -0.2) is 9.59 Å². The molecular weight excluding hydrogens is 1050 g/mol. The van der Waals surface area contributed by atoms with Crippen molar-refractivity contribution in [1.82, 2.24) is 0 Å². The van der Waals surface area contributed by atoms with Crippen molar-refractivity contribution in [3.63, 3.8) is 0 Å². The zero-order valence-corrected chi connectivity index (χ0v) is 34.6. The lowest BCUT2D eigenvalue weighted by Gasteiger charge is -2.39. The highest BCUT2D eigenvalue weighted by atomic mass is 32.2. The molecule has 0 unspecified atom stereocenters. The fourth-order valence-corrected chi connectivity index (χ4v) is 6.79. The first-order chi connectivity index (χ1) is 30.4. The van der Waals surface area contributed by atoms with Crippen LogP contribution in [-0.4, -0.2) is 108 Å². The number of rotatable bonds is 25. The molecule has 0 radical (unpaired) electrons. The first-order valence-electron chi connectivity index (χ1n) is 18.1. The van der Waals surface area contributed by atoms with Gasteiger partial charge in [-0.1, -0.05) is 0 Å². The standard InChI is InChI=1S/C36H28F26O4S2/c37-25(38,27(41,42)29(45,46)31(49,50)33(53,54)35(57,58)59)13-17-67-21-9-5-19(6-10-21)23(63)65-15-3-1-2-4-16-66-24(64)20-7-11-22(12-8-20)68-18-14-26(39,40)28(43,44)30(47,48)32(51,52)34(55,56)36(60,61)62/h5-12H,1-4,13-18H2. The van der Waals surface area contributed by atoms with Crippen LogP contribution in [-0.2, 0) is 9.47 Å². The molecule has 2 aromatic carbocycles. The fraction of sp³-hybridized carbons (Fsp3) is 0.611. The van der Waals surface area contributed by atoms with Gasteiger partial charge >= 0.3 is 83.5 Å². The molecule has 0 N–H and O–H groups in total. The molecule has 0 saturated heterocycles. The number of carbonyl (C=O) groups excluding carboxylic acids is 2. The van der Waals surface area contributed by atoms with Gasteiger partial charge < -0.3 is 9.47 Å². The predicted octanol–water partition coefficient (Wildman–Crippen LogP) is 14.7. The molecule has 0 fully saturated rings. The summed E-state index contributed by atoms with van der Waals surface area (Å²) in [5.41, 5.74) is -0.364. The van der Waals surface area contributed by atoms with Gasteiger partial charge in [-0.05, 0) is 74.2 Å². The van der Waals surface area contributed by atoms with Crippen molar-refractivity contribution in [2.24, 2.45) is 0 Å². The predicted molar refractivity (Wildman–Crippen MR) is 184 cm³/mol. The van der Waals surface area contributed by atoms with Crippen LogP contribution >= 0.6 is 23.5 Å². The van der Waals surface area contributed by atoms with Crippen molar-refractivity contribution in [3.05, 3.63) is 59.7 Å². The van der Waals surface area contributed by atoms with Gasteiger partial charge in [0.2, 0.25) is 0 Å². The summed E-state index contributed by atoms with van der Waals surface area (Å²) in [5.74, 6) is -79.4. The average molecular weight is 1080 g/mol. The number of esters is 2. The Morgan fingerprint density at radius 2 is 0.603 bits per heavy atom. The van der Waals surface area contributed by atoms with Crippen molar-refractivity contribution >= 4 is 35.5 Å². The first-order valence-corrected chi connectivity index (χ1v) is 20.1. The zero-order chi connectivity index (χ0) is 53.0. The quantitative estimate of drug-likeness (QED) is 0.0427. The second-order valence-corrected chi connectivity index (χ2v) is 16.3. The number of thioether (sulfide) groups is 2. The Morgan fingerprint density at radius 3 is 0.853 bits per heavy atom.